The van der Waals surface area contributed by atoms with Gasteiger partial charge in [0.05, 0.1) is 55.5 Å². The number of halogens is 4. The van der Waals surface area contributed by atoms with Crippen LogP contribution in [-0.2, 0) is 29.2 Å². The Kier molecular flexibility index (Phi) is 22.3. The van der Waals surface area contributed by atoms with Gasteiger partial charge in [-0.15, -0.1) is 6.42 Å². The van der Waals surface area contributed by atoms with E-state index in [1.54, 1.807) is 9.62 Å². The van der Waals surface area contributed by atoms with E-state index in [9.17, 15) is 41.6 Å². The summed E-state index contributed by atoms with van der Waals surface area (Å²) in [4.78, 5) is 101. The minimum Gasteiger partial charge on any atom is -0.489 e. The Morgan fingerprint density at radius 2 is 1.51 bits per heavy atom. The molecule has 5 aromatic rings. The lowest BCUT2D eigenvalue weighted by Gasteiger charge is -2.35. The lowest BCUT2D eigenvalue weighted by molar-refractivity contribution is -0.121. The third-order valence-electron chi connectivity index (χ3n) is 11.9. The molecule has 0 spiro atoms. The summed E-state index contributed by atoms with van der Waals surface area (Å²) < 4.78 is 62.2. The maximum Gasteiger partial charge on any atom is 0.335 e. The second-order valence-corrected chi connectivity index (χ2v) is 21.5. The van der Waals surface area contributed by atoms with Crippen molar-refractivity contribution in [3.63, 3.8) is 0 Å². The number of urea groups is 1. The number of sulfonamides is 1. The molecule has 1 atom stereocenters. The molecular formula is C53H58Cl3FN14O12S. The molecular weight excluding hydrogens is 1180 g/mol. The number of amides is 7. The smallest absolute Gasteiger partial charge is 0.335 e. The number of methoxy groups -OCH3 is 2. The molecule has 9 rings (SSSR count). The fourth-order valence-electron chi connectivity index (χ4n) is 8.23. The summed E-state index contributed by atoms with van der Waals surface area (Å²) in [5.74, 6) is 1.11. The summed E-state index contributed by atoms with van der Waals surface area (Å²) in [5, 5.41) is 7.79. The number of nitrogens with zero attached hydrogens (tertiary/aromatic N) is 10. The van der Waals surface area contributed by atoms with E-state index in [2.05, 4.69) is 51.8 Å². The van der Waals surface area contributed by atoms with Gasteiger partial charge in [0.25, 0.3) is 39.6 Å². The Hall–Kier alpha value is -8.65. The molecule has 0 fully saturated rings. The first-order valence-corrected chi connectivity index (χ1v) is 28.2. The molecule has 6 heterocycles. The highest BCUT2D eigenvalue weighted by atomic mass is 35.5. The van der Waals surface area contributed by atoms with Crippen molar-refractivity contribution in [2.75, 3.05) is 85.3 Å². The summed E-state index contributed by atoms with van der Waals surface area (Å²) in [6.07, 6.45) is 9.20. The Balaban J connectivity index is 0.000000187. The van der Waals surface area contributed by atoms with Crippen LogP contribution in [0, 0.1) is 18.2 Å². The quantitative estimate of drug-likeness (QED) is 0.0562. The number of para-hydroxylation sites is 2. The average molecular weight is 1240 g/mol. The Morgan fingerprint density at radius 3 is 2.11 bits per heavy atom. The Labute approximate surface area is 497 Å². The highest BCUT2D eigenvalue weighted by Gasteiger charge is 2.42. The zero-order chi connectivity index (χ0) is 61.6. The van der Waals surface area contributed by atoms with Gasteiger partial charge in [-0.1, -0.05) is 41.3 Å². The molecule has 26 nitrogen and oxygen atoms in total. The predicted octanol–water partition coefficient (Wildman–Crippen LogP) is 6.41. The van der Waals surface area contributed by atoms with Crippen LogP contribution in [0.4, 0.5) is 44.1 Å². The Morgan fingerprint density at radius 1 is 0.869 bits per heavy atom. The molecule has 84 heavy (non-hydrogen) atoms. The summed E-state index contributed by atoms with van der Waals surface area (Å²) in [6, 6.07) is 12.8. The monoisotopic (exact) mass is 1240 g/mol. The molecule has 3 aliphatic heterocycles. The molecule has 0 saturated carbocycles. The molecule has 7 amide bonds. The zero-order valence-corrected chi connectivity index (χ0v) is 49.6. The van der Waals surface area contributed by atoms with Gasteiger partial charge in [-0.3, -0.25) is 34.2 Å². The van der Waals surface area contributed by atoms with Crippen molar-refractivity contribution < 1.29 is 60.5 Å². The number of aromatic nitrogens is 6. The number of fused-ring (bicyclic) bond motifs is 2. The number of rotatable bonds is 13. The molecule has 1 aliphatic carbocycles. The van der Waals surface area contributed by atoms with Crippen LogP contribution in [0.3, 0.4) is 0 Å². The molecule has 1 unspecified atom stereocenters. The molecule has 4 aliphatic rings. The van der Waals surface area contributed by atoms with Crippen molar-refractivity contribution >= 4 is 115 Å². The summed E-state index contributed by atoms with van der Waals surface area (Å²) in [7, 11) is 1.15. The molecule has 2 aromatic carbocycles. The van der Waals surface area contributed by atoms with Crippen LogP contribution in [0.15, 0.2) is 77.0 Å². The number of terminal acetylenes is 1. The molecule has 446 valence electrons. The van der Waals surface area contributed by atoms with E-state index in [4.69, 9.17) is 60.2 Å². The molecule has 31 heteroatoms. The van der Waals surface area contributed by atoms with Crippen molar-refractivity contribution in [3.05, 3.63) is 88.6 Å². The van der Waals surface area contributed by atoms with Gasteiger partial charge in [0.1, 0.15) is 18.1 Å². The lowest BCUT2D eigenvalue weighted by Crippen LogP contribution is -2.47. The number of benzene rings is 2. The standard InChI is InChI=1S/C19H15FN2O4.C15H18N6O6S.C11H11Cl2NO2.C8H14ClN5/c1-2-7-21-15-9-14(13(20)8-16(15)26-10-17(21)23)22-18(24)11-5-3-4-6-12(11)19(22)25;1-21(2)13(22)9-6-5-7-16-12(9)28(24,25)20-15(23)19-14-17-10(26-3)8-11(18-14)27-4;1-7-6-16-9-5-3-2-4-8(9)14(7)11(15)10(12)13;1-4-10-7-12-6(9)13-8(14-7)11-5(2)3/h1,8-9H,3-7,10H2;5-8H,1-4H3,(H2,17,18,19,20,23);2-5,7,10H,6H2,1H3;5H,4H2,1-3H3,(H2,10,11,12,13,14). The molecule has 4 N–H and O–H groups in total. The second kappa shape index (κ2) is 29.0. The van der Waals surface area contributed by atoms with Gasteiger partial charge >= 0.3 is 6.03 Å². The number of hydrogen-bond donors (Lipinski definition) is 4. The van der Waals surface area contributed by atoms with Gasteiger partial charge in [0, 0.05) is 50.1 Å². The first-order valence-electron chi connectivity index (χ1n) is 25.5. The third-order valence-corrected chi connectivity index (χ3v) is 13.7. The van der Waals surface area contributed by atoms with E-state index in [1.165, 1.54) is 68.6 Å². The molecule has 0 saturated heterocycles. The van der Waals surface area contributed by atoms with Gasteiger partial charge in [-0.25, -0.2) is 23.8 Å². The predicted molar refractivity (Wildman–Crippen MR) is 310 cm³/mol. The van der Waals surface area contributed by atoms with Gasteiger partial charge in [-0.2, -0.15) is 33.3 Å². The highest BCUT2D eigenvalue weighted by molar-refractivity contribution is 7.90. The van der Waals surface area contributed by atoms with E-state index in [1.807, 2.05) is 52.0 Å². The van der Waals surface area contributed by atoms with Gasteiger partial charge in [-0.05, 0) is 95.3 Å². The highest BCUT2D eigenvalue weighted by Crippen LogP contribution is 2.42. The number of nitrogens with one attached hydrogen (secondary N) is 4. The summed E-state index contributed by atoms with van der Waals surface area (Å²) in [6.45, 7) is 8.80. The number of hydrogen-bond acceptors (Lipinski definition) is 20. The fraction of sp³-hybridized carbons (Fsp3) is 0.358. The van der Waals surface area contributed by atoms with E-state index in [0.717, 1.165) is 36.0 Å². The van der Waals surface area contributed by atoms with Crippen molar-refractivity contribution in [2.24, 2.45) is 0 Å². The first-order chi connectivity index (χ1) is 39.9. The van der Waals surface area contributed by atoms with E-state index < -0.39 is 49.5 Å². The van der Waals surface area contributed by atoms with Crippen LogP contribution in [-0.4, -0.2) is 150 Å². The minimum absolute atomic E-state index is 0.0170. The number of anilines is 6. The van der Waals surface area contributed by atoms with Gasteiger partial charge in [0.15, 0.2) is 22.3 Å². The summed E-state index contributed by atoms with van der Waals surface area (Å²) >= 11 is 17.0. The average Bonchev–Trinajstić information content (AvgIpc) is 2.15. The first kappa shape index (κ1) is 64.5. The van der Waals surface area contributed by atoms with Crippen molar-refractivity contribution in [1.29, 1.82) is 0 Å². The van der Waals surface area contributed by atoms with Crippen LogP contribution in [0.1, 0.15) is 63.7 Å². The Bertz CT molecular complexity index is 3450. The number of carbonyl (C=O) groups excluding carboxylic acids is 6. The lowest BCUT2D eigenvalue weighted by atomic mass is 9.93. The fourth-order valence-corrected chi connectivity index (χ4v) is 9.64. The number of alkyl halides is 2. The van der Waals surface area contributed by atoms with Crippen LogP contribution in [0.5, 0.6) is 23.3 Å². The van der Waals surface area contributed by atoms with Gasteiger partial charge < -0.3 is 39.4 Å². The van der Waals surface area contributed by atoms with Crippen molar-refractivity contribution in [1.82, 2.24) is 39.5 Å². The van der Waals surface area contributed by atoms with E-state index in [-0.39, 0.29) is 82.7 Å². The summed E-state index contributed by atoms with van der Waals surface area (Å²) in [5.41, 5.74) is 1.52. The number of imide groups is 1. The maximum atomic E-state index is 14.7. The molecule has 0 bridgehead atoms. The van der Waals surface area contributed by atoms with Crippen molar-refractivity contribution in [3.8, 4) is 35.6 Å². The largest absolute Gasteiger partial charge is 0.489 e. The molecule has 3 aromatic heterocycles. The number of ether oxygens (including phenoxy) is 4. The number of carbonyl (C=O) groups is 6. The van der Waals surface area contributed by atoms with Crippen LogP contribution in [0.25, 0.3) is 0 Å². The molecule has 0 radical (unpaired) electrons. The van der Waals surface area contributed by atoms with E-state index >= 15 is 0 Å². The number of pyridine rings is 1. The van der Waals surface area contributed by atoms with Gasteiger partial charge in [0.2, 0.25) is 34.9 Å². The van der Waals surface area contributed by atoms with Crippen LogP contribution in [0.2, 0.25) is 5.28 Å². The second-order valence-electron chi connectivity index (χ2n) is 18.5. The minimum atomic E-state index is -4.46. The van der Waals surface area contributed by atoms with Crippen molar-refractivity contribution in [2.45, 2.75) is 75.3 Å². The van der Waals surface area contributed by atoms with Crippen LogP contribution < -0.4 is 54.3 Å². The third kappa shape index (κ3) is 15.9. The van der Waals surface area contributed by atoms with Crippen LogP contribution >= 0.6 is 34.8 Å². The normalized spacial score (nSPS) is 14.9. The topological polar surface area (TPSA) is 312 Å². The maximum absolute atomic E-state index is 14.7. The SMILES string of the molecule is C#CCN1C(=O)COc2cc(F)c(N3C(=O)C4=C(CCCC4)C3=O)cc21.CC1COc2ccccc2N1C(=O)C(Cl)Cl.CCNc1nc(Cl)nc(NC(C)C)n1.COc1cc(OC)nc(NC(=O)NS(=O)(=O)c2ncccc2C(=O)N(C)C)n1. The van der Waals surface area contributed by atoms with E-state index in [0.29, 0.717) is 48.2 Å². The zero-order valence-electron chi connectivity index (χ0n) is 46.5.